The van der Waals surface area contributed by atoms with E-state index >= 15 is 0 Å². The molecule has 0 spiro atoms. The van der Waals surface area contributed by atoms with E-state index in [-0.39, 0.29) is 16.4 Å². The first kappa shape index (κ1) is 15.2. The van der Waals surface area contributed by atoms with Crippen LogP contribution in [-0.4, -0.2) is 16.6 Å². The van der Waals surface area contributed by atoms with Crippen LogP contribution in [0.25, 0.3) is 0 Å². The van der Waals surface area contributed by atoms with Gasteiger partial charge in [0.15, 0.2) is 0 Å². The molecule has 21 heavy (non-hydrogen) atoms. The number of nitrogens with one attached hydrogen (secondary N) is 1. The third-order valence-corrected chi connectivity index (χ3v) is 3.96. The monoisotopic (exact) mass is 304 g/mol. The van der Waals surface area contributed by atoms with Gasteiger partial charge in [0, 0.05) is 35.0 Å². The number of anilines is 1. The van der Waals surface area contributed by atoms with Crippen molar-refractivity contribution in [1.82, 2.24) is 0 Å². The van der Waals surface area contributed by atoms with Gasteiger partial charge in [0.05, 0.1) is 4.92 Å². The Labute approximate surface area is 127 Å². The van der Waals surface area contributed by atoms with Crippen LogP contribution in [0.5, 0.6) is 5.75 Å². The van der Waals surface area contributed by atoms with Crippen molar-refractivity contribution in [2.75, 3.05) is 11.9 Å². The van der Waals surface area contributed by atoms with Gasteiger partial charge in [0.2, 0.25) is 0 Å². The number of nitro groups is 1. The van der Waals surface area contributed by atoms with E-state index in [0.717, 1.165) is 22.7 Å². The summed E-state index contributed by atoms with van der Waals surface area (Å²) in [6.07, 6.45) is 0. The quantitative estimate of drug-likeness (QED) is 0.479. The second kappa shape index (κ2) is 6.99. The van der Waals surface area contributed by atoms with Gasteiger partial charge in [0.1, 0.15) is 5.75 Å². The molecule has 5 nitrogen and oxygen atoms in total. The summed E-state index contributed by atoms with van der Waals surface area (Å²) in [6, 6.07) is 11.8. The highest BCUT2D eigenvalue weighted by Crippen LogP contribution is 2.30. The number of nitrogens with zero attached hydrogens (tertiary/aromatic N) is 1. The molecular weight excluding hydrogens is 288 g/mol. The van der Waals surface area contributed by atoms with Gasteiger partial charge < -0.3 is 10.4 Å². The summed E-state index contributed by atoms with van der Waals surface area (Å²) in [4.78, 5) is 11.5. The molecule has 0 aliphatic rings. The van der Waals surface area contributed by atoms with E-state index < -0.39 is 0 Å². The van der Waals surface area contributed by atoms with Gasteiger partial charge in [-0.2, -0.15) is 0 Å². The maximum Gasteiger partial charge on any atom is 0.269 e. The van der Waals surface area contributed by atoms with Crippen LogP contribution in [0.1, 0.15) is 12.5 Å². The normalized spacial score (nSPS) is 10.3. The smallest absolute Gasteiger partial charge is 0.269 e. The topological polar surface area (TPSA) is 75.4 Å². The predicted molar refractivity (Wildman–Crippen MR) is 84.9 cm³/mol. The van der Waals surface area contributed by atoms with Crippen molar-refractivity contribution in [3.8, 4) is 5.75 Å². The first-order chi connectivity index (χ1) is 10.1. The van der Waals surface area contributed by atoms with Crippen molar-refractivity contribution in [1.29, 1.82) is 0 Å². The van der Waals surface area contributed by atoms with Crippen LogP contribution in [0.4, 0.5) is 11.4 Å². The van der Waals surface area contributed by atoms with E-state index in [9.17, 15) is 15.2 Å². The Morgan fingerprint density at radius 3 is 2.57 bits per heavy atom. The Kier molecular flexibility index (Phi) is 5.05. The number of phenolic OH excluding ortho intramolecular Hbond substituents is 1. The van der Waals surface area contributed by atoms with Gasteiger partial charge in [0.25, 0.3) is 5.69 Å². The third kappa shape index (κ3) is 4.13. The highest BCUT2D eigenvalue weighted by atomic mass is 32.2. The Bertz CT molecular complexity index is 629. The molecule has 0 aliphatic heterocycles. The summed E-state index contributed by atoms with van der Waals surface area (Å²) in [5.41, 5.74) is 1.90. The fourth-order valence-electron chi connectivity index (χ4n) is 1.88. The van der Waals surface area contributed by atoms with Crippen molar-refractivity contribution in [3.05, 3.63) is 58.1 Å². The first-order valence-corrected chi connectivity index (χ1v) is 7.51. The van der Waals surface area contributed by atoms with E-state index in [1.165, 1.54) is 6.07 Å². The lowest BCUT2D eigenvalue weighted by atomic mass is 10.2. The van der Waals surface area contributed by atoms with Crippen LogP contribution in [0.15, 0.2) is 47.4 Å². The van der Waals surface area contributed by atoms with Crippen molar-refractivity contribution in [3.63, 3.8) is 0 Å². The van der Waals surface area contributed by atoms with Gasteiger partial charge in [-0.3, -0.25) is 10.1 Å². The zero-order valence-electron chi connectivity index (χ0n) is 11.6. The third-order valence-electron chi connectivity index (χ3n) is 2.90. The molecule has 2 rings (SSSR count). The maximum atomic E-state index is 10.9. The van der Waals surface area contributed by atoms with Crippen LogP contribution in [0.3, 0.4) is 0 Å². The number of rotatable bonds is 6. The maximum absolute atomic E-state index is 10.9. The van der Waals surface area contributed by atoms with Crippen LogP contribution >= 0.6 is 11.8 Å². The summed E-state index contributed by atoms with van der Waals surface area (Å²) >= 11 is 1.57. The van der Waals surface area contributed by atoms with Crippen LogP contribution < -0.4 is 5.32 Å². The van der Waals surface area contributed by atoms with E-state index in [0.29, 0.717) is 5.75 Å². The number of hydrogen-bond acceptors (Lipinski definition) is 5. The number of non-ortho nitro benzene ring substituents is 1. The Morgan fingerprint density at radius 2 is 1.95 bits per heavy atom. The molecule has 0 unspecified atom stereocenters. The Balaban J connectivity index is 2.17. The molecule has 6 heteroatoms. The highest BCUT2D eigenvalue weighted by Gasteiger charge is 2.10. The number of aromatic hydroxyl groups is 1. The number of thioether (sulfide) groups is 1. The fourth-order valence-corrected chi connectivity index (χ4v) is 2.77. The van der Waals surface area contributed by atoms with Gasteiger partial charge in [-0.25, -0.2) is 0 Å². The molecule has 2 aromatic rings. The van der Waals surface area contributed by atoms with Crippen LogP contribution in [0, 0.1) is 10.1 Å². The molecule has 2 aromatic carbocycles. The molecule has 0 saturated carbocycles. The second-order valence-electron chi connectivity index (χ2n) is 4.41. The molecule has 0 aromatic heterocycles. The summed E-state index contributed by atoms with van der Waals surface area (Å²) in [7, 11) is 0. The van der Waals surface area contributed by atoms with Crippen LogP contribution in [0.2, 0.25) is 0 Å². The summed E-state index contributed by atoms with van der Waals surface area (Å²) in [5, 5.41) is 23.4. The minimum atomic E-state index is -0.384. The van der Waals surface area contributed by atoms with Crippen molar-refractivity contribution < 1.29 is 10.0 Å². The van der Waals surface area contributed by atoms with Gasteiger partial charge in [-0.1, -0.05) is 0 Å². The largest absolute Gasteiger partial charge is 0.508 e. The lowest BCUT2D eigenvalue weighted by molar-refractivity contribution is -0.384. The fraction of sp³-hybridized carbons (Fsp3) is 0.200. The molecule has 0 radical (unpaired) electrons. The molecule has 0 atom stereocenters. The van der Waals surface area contributed by atoms with Gasteiger partial charge >= 0.3 is 0 Å². The summed E-state index contributed by atoms with van der Waals surface area (Å²) < 4.78 is 0. The van der Waals surface area contributed by atoms with Crippen LogP contribution in [-0.2, 0) is 5.75 Å². The van der Waals surface area contributed by atoms with Crippen molar-refractivity contribution in [2.45, 2.75) is 17.6 Å². The van der Waals surface area contributed by atoms with Crippen molar-refractivity contribution >= 4 is 23.1 Å². The SMILES string of the molecule is CCNc1ccc([N+](=O)[O-])cc1CSc1ccc(O)cc1. The highest BCUT2D eigenvalue weighted by molar-refractivity contribution is 7.98. The minimum absolute atomic E-state index is 0.0953. The molecule has 0 aliphatic carbocycles. The molecule has 0 amide bonds. The van der Waals surface area contributed by atoms with Crippen molar-refractivity contribution in [2.24, 2.45) is 0 Å². The number of benzene rings is 2. The Hall–Kier alpha value is -2.21. The molecular formula is C15H16N2O3S. The lowest BCUT2D eigenvalue weighted by Gasteiger charge is -2.10. The Morgan fingerprint density at radius 1 is 1.24 bits per heavy atom. The minimum Gasteiger partial charge on any atom is -0.508 e. The van der Waals surface area contributed by atoms with E-state index in [2.05, 4.69) is 5.32 Å². The summed E-state index contributed by atoms with van der Waals surface area (Å²) in [5.74, 6) is 0.845. The zero-order chi connectivity index (χ0) is 15.2. The molecule has 0 fully saturated rings. The molecule has 0 heterocycles. The average Bonchev–Trinajstić information content (AvgIpc) is 2.48. The summed E-state index contributed by atoms with van der Waals surface area (Å²) in [6.45, 7) is 2.74. The average molecular weight is 304 g/mol. The number of nitro benzene ring substituents is 1. The van der Waals surface area contributed by atoms with E-state index in [1.807, 2.05) is 19.1 Å². The van der Waals surface area contributed by atoms with E-state index in [1.54, 1.807) is 36.0 Å². The lowest BCUT2D eigenvalue weighted by Crippen LogP contribution is -2.01. The van der Waals surface area contributed by atoms with Gasteiger partial charge in [-0.15, -0.1) is 11.8 Å². The van der Waals surface area contributed by atoms with Gasteiger partial charge in [-0.05, 0) is 42.8 Å². The first-order valence-electron chi connectivity index (χ1n) is 6.53. The molecule has 0 bridgehead atoms. The predicted octanol–water partition coefficient (Wildman–Crippen LogP) is 4.02. The molecule has 2 N–H and O–H groups in total. The molecule has 0 saturated heterocycles. The standard InChI is InChI=1S/C15H16N2O3S/c1-2-16-15-8-3-12(17(19)20)9-11(15)10-21-14-6-4-13(18)5-7-14/h3-9,16,18H,2,10H2,1H3. The second-order valence-corrected chi connectivity index (χ2v) is 5.46. The molecule has 110 valence electrons. The zero-order valence-corrected chi connectivity index (χ0v) is 12.4. The number of hydrogen-bond donors (Lipinski definition) is 2. The van der Waals surface area contributed by atoms with E-state index in [4.69, 9.17) is 0 Å². The number of phenols is 1.